The van der Waals surface area contributed by atoms with Crippen LogP contribution < -0.4 is 16.4 Å². The molecule has 0 atom stereocenters. The van der Waals surface area contributed by atoms with Crippen molar-refractivity contribution in [3.05, 3.63) is 23.8 Å². The monoisotopic (exact) mass is 285 g/mol. The summed E-state index contributed by atoms with van der Waals surface area (Å²) in [6, 6.07) is 4.83. The molecule has 7 heteroatoms. The predicted octanol–water partition coefficient (Wildman–Crippen LogP) is 0.475. The van der Waals surface area contributed by atoms with E-state index < -0.39 is 9.84 Å². The minimum Gasteiger partial charge on any atom is -0.397 e. The van der Waals surface area contributed by atoms with Gasteiger partial charge in [-0.25, -0.2) is 8.42 Å². The van der Waals surface area contributed by atoms with Crippen molar-refractivity contribution in [1.82, 2.24) is 5.32 Å². The molecule has 0 fully saturated rings. The van der Waals surface area contributed by atoms with Crippen molar-refractivity contribution in [3.63, 3.8) is 0 Å². The fourth-order valence-corrected chi connectivity index (χ4v) is 2.18. The Labute approximate surface area is 113 Å². The standard InChI is InChI=1S/C12H19N3O3S/c1-3-19(17,18)7-6-15-11-8-9(12(16)14-2)4-5-10(11)13/h4-5,8,15H,3,6-7,13H2,1-2H3,(H,14,16). The molecule has 1 aromatic carbocycles. The first-order chi connectivity index (χ1) is 8.89. The summed E-state index contributed by atoms with van der Waals surface area (Å²) < 4.78 is 22.7. The summed E-state index contributed by atoms with van der Waals surface area (Å²) in [4.78, 5) is 11.5. The van der Waals surface area contributed by atoms with Crippen molar-refractivity contribution < 1.29 is 13.2 Å². The number of sulfone groups is 1. The molecule has 1 rings (SSSR count). The third kappa shape index (κ3) is 4.44. The van der Waals surface area contributed by atoms with E-state index in [9.17, 15) is 13.2 Å². The number of anilines is 2. The highest BCUT2D eigenvalue weighted by Gasteiger charge is 2.09. The fourth-order valence-electron chi connectivity index (χ4n) is 1.48. The predicted molar refractivity (Wildman–Crippen MR) is 77.1 cm³/mol. The SMILES string of the molecule is CCS(=O)(=O)CCNc1cc(C(=O)NC)ccc1N. The summed E-state index contributed by atoms with van der Waals surface area (Å²) in [7, 11) is -1.47. The van der Waals surface area contributed by atoms with E-state index in [0.29, 0.717) is 16.9 Å². The summed E-state index contributed by atoms with van der Waals surface area (Å²) >= 11 is 0. The lowest BCUT2D eigenvalue weighted by molar-refractivity contribution is 0.0963. The number of amides is 1. The maximum atomic E-state index is 11.5. The molecule has 19 heavy (non-hydrogen) atoms. The number of benzene rings is 1. The van der Waals surface area contributed by atoms with Crippen LogP contribution in [0.3, 0.4) is 0 Å². The number of nitrogens with two attached hydrogens (primary N) is 1. The summed E-state index contributed by atoms with van der Waals surface area (Å²) in [5, 5.41) is 5.45. The van der Waals surface area contributed by atoms with Gasteiger partial charge < -0.3 is 16.4 Å². The second-order valence-corrected chi connectivity index (χ2v) is 6.52. The Morgan fingerprint density at radius 2 is 2.05 bits per heavy atom. The number of carbonyl (C=O) groups is 1. The van der Waals surface area contributed by atoms with Crippen LogP contribution >= 0.6 is 0 Å². The van der Waals surface area contributed by atoms with Gasteiger partial charge in [-0.15, -0.1) is 0 Å². The maximum absolute atomic E-state index is 11.5. The Morgan fingerprint density at radius 3 is 2.63 bits per heavy atom. The van der Waals surface area contributed by atoms with Gasteiger partial charge in [0.1, 0.15) is 0 Å². The van der Waals surface area contributed by atoms with Crippen LogP contribution in [0, 0.1) is 0 Å². The van der Waals surface area contributed by atoms with Gasteiger partial charge in [-0.3, -0.25) is 4.79 Å². The van der Waals surface area contributed by atoms with Crippen LogP contribution in [0.25, 0.3) is 0 Å². The van der Waals surface area contributed by atoms with Crippen LogP contribution in [0.15, 0.2) is 18.2 Å². The van der Waals surface area contributed by atoms with Crippen LogP contribution in [-0.4, -0.2) is 39.4 Å². The molecule has 0 aliphatic heterocycles. The van der Waals surface area contributed by atoms with E-state index in [0.717, 1.165) is 0 Å². The van der Waals surface area contributed by atoms with E-state index in [1.807, 2.05) is 0 Å². The topological polar surface area (TPSA) is 101 Å². The van der Waals surface area contributed by atoms with Gasteiger partial charge in [0.05, 0.1) is 17.1 Å². The Kier molecular flexibility index (Phi) is 5.17. The zero-order chi connectivity index (χ0) is 14.5. The molecule has 0 aliphatic carbocycles. The van der Waals surface area contributed by atoms with Gasteiger partial charge in [0.25, 0.3) is 5.91 Å². The first kappa shape index (κ1) is 15.3. The van der Waals surface area contributed by atoms with Gasteiger partial charge in [-0.2, -0.15) is 0 Å². The van der Waals surface area contributed by atoms with E-state index in [4.69, 9.17) is 5.73 Å². The van der Waals surface area contributed by atoms with Gasteiger partial charge >= 0.3 is 0 Å². The number of nitrogens with one attached hydrogen (secondary N) is 2. The zero-order valence-electron chi connectivity index (χ0n) is 11.1. The molecule has 6 nitrogen and oxygen atoms in total. The summed E-state index contributed by atoms with van der Waals surface area (Å²) in [5.41, 5.74) is 7.28. The van der Waals surface area contributed by atoms with Gasteiger partial charge in [0, 0.05) is 24.9 Å². The van der Waals surface area contributed by atoms with Gasteiger partial charge in [0.15, 0.2) is 9.84 Å². The largest absolute Gasteiger partial charge is 0.397 e. The summed E-state index contributed by atoms with van der Waals surface area (Å²) in [6.45, 7) is 1.87. The number of rotatable bonds is 6. The van der Waals surface area contributed by atoms with Crippen LogP contribution in [-0.2, 0) is 9.84 Å². The lowest BCUT2D eigenvalue weighted by Gasteiger charge is -2.11. The summed E-state index contributed by atoms with van der Waals surface area (Å²) in [5.74, 6) is -0.0699. The Bertz CT molecular complexity index is 555. The smallest absolute Gasteiger partial charge is 0.251 e. The molecule has 0 heterocycles. The molecular weight excluding hydrogens is 266 g/mol. The summed E-state index contributed by atoms with van der Waals surface area (Å²) in [6.07, 6.45) is 0. The highest BCUT2D eigenvalue weighted by Crippen LogP contribution is 2.19. The Hall–Kier alpha value is -1.76. The number of hydrogen-bond acceptors (Lipinski definition) is 5. The quantitative estimate of drug-likeness (QED) is 0.660. The van der Waals surface area contributed by atoms with E-state index >= 15 is 0 Å². The molecule has 0 aliphatic rings. The highest BCUT2D eigenvalue weighted by atomic mass is 32.2. The fraction of sp³-hybridized carbons (Fsp3) is 0.417. The lowest BCUT2D eigenvalue weighted by atomic mass is 10.1. The van der Waals surface area contributed by atoms with Crippen molar-refractivity contribution in [1.29, 1.82) is 0 Å². The van der Waals surface area contributed by atoms with E-state index in [1.54, 1.807) is 32.2 Å². The molecule has 0 radical (unpaired) electrons. The molecule has 1 amide bonds. The Balaban J connectivity index is 2.75. The minimum atomic E-state index is -3.02. The van der Waals surface area contributed by atoms with Crippen LogP contribution in [0.1, 0.15) is 17.3 Å². The zero-order valence-corrected chi connectivity index (χ0v) is 11.9. The van der Waals surface area contributed by atoms with E-state index in [2.05, 4.69) is 10.6 Å². The molecule has 106 valence electrons. The van der Waals surface area contributed by atoms with Crippen molar-refractivity contribution in [2.75, 3.05) is 36.1 Å². The molecule has 1 aromatic rings. The first-order valence-corrected chi connectivity index (χ1v) is 7.77. The van der Waals surface area contributed by atoms with Gasteiger partial charge in [-0.05, 0) is 18.2 Å². The van der Waals surface area contributed by atoms with E-state index in [-0.39, 0.29) is 24.0 Å². The third-order valence-corrected chi connectivity index (χ3v) is 4.42. The number of hydrogen-bond donors (Lipinski definition) is 3. The van der Waals surface area contributed by atoms with Crippen molar-refractivity contribution in [3.8, 4) is 0 Å². The maximum Gasteiger partial charge on any atom is 0.251 e. The van der Waals surface area contributed by atoms with Gasteiger partial charge in [-0.1, -0.05) is 6.92 Å². The second-order valence-electron chi connectivity index (χ2n) is 4.04. The average Bonchev–Trinajstić information content (AvgIpc) is 2.40. The molecule has 0 saturated carbocycles. The van der Waals surface area contributed by atoms with Crippen LogP contribution in [0.4, 0.5) is 11.4 Å². The molecule has 0 aromatic heterocycles. The van der Waals surface area contributed by atoms with Gasteiger partial charge in [0.2, 0.25) is 0 Å². The Morgan fingerprint density at radius 1 is 1.37 bits per heavy atom. The molecule has 0 unspecified atom stereocenters. The minimum absolute atomic E-state index is 0.0349. The molecule has 0 saturated heterocycles. The van der Waals surface area contributed by atoms with Crippen molar-refractivity contribution in [2.24, 2.45) is 0 Å². The molecule has 0 bridgehead atoms. The number of carbonyl (C=O) groups excluding carboxylic acids is 1. The normalized spacial score (nSPS) is 11.1. The molecule has 0 spiro atoms. The second kappa shape index (κ2) is 6.42. The average molecular weight is 285 g/mol. The van der Waals surface area contributed by atoms with Crippen molar-refractivity contribution >= 4 is 27.1 Å². The van der Waals surface area contributed by atoms with Crippen LogP contribution in [0.2, 0.25) is 0 Å². The first-order valence-electron chi connectivity index (χ1n) is 5.95. The highest BCUT2D eigenvalue weighted by molar-refractivity contribution is 7.91. The lowest BCUT2D eigenvalue weighted by Crippen LogP contribution is -2.20. The van der Waals surface area contributed by atoms with E-state index in [1.165, 1.54) is 0 Å². The molecule has 4 N–H and O–H groups in total. The number of nitrogen functional groups attached to an aromatic ring is 1. The van der Waals surface area contributed by atoms with Crippen LogP contribution in [0.5, 0.6) is 0 Å². The van der Waals surface area contributed by atoms with Crippen molar-refractivity contribution in [2.45, 2.75) is 6.92 Å². The third-order valence-electron chi connectivity index (χ3n) is 2.71. The molecular formula is C12H19N3O3S.